The molecular weight excluding hydrogens is 250 g/mol. The highest BCUT2D eigenvalue weighted by Gasteiger charge is 2.22. The minimum absolute atomic E-state index is 0.0773. The molecule has 0 bridgehead atoms. The summed E-state index contributed by atoms with van der Waals surface area (Å²) in [4.78, 5) is 10.8. The van der Waals surface area contributed by atoms with Crippen molar-refractivity contribution in [1.82, 2.24) is 0 Å². The highest BCUT2D eigenvalue weighted by atomic mass is 35.5. The van der Waals surface area contributed by atoms with Crippen LogP contribution in [0, 0.1) is 0 Å². The third-order valence-corrected chi connectivity index (χ3v) is 3.87. The number of sulfonamides is 1. The molecule has 0 fully saturated rings. The first kappa shape index (κ1) is 13.0. The fraction of sp³-hybridized carbons (Fsp3) is 0.300. The number of nitrogens with zero attached hydrogens (tertiary/aromatic N) is 1. The van der Waals surface area contributed by atoms with Crippen molar-refractivity contribution in [3.05, 3.63) is 30.3 Å². The summed E-state index contributed by atoms with van der Waals surface area (Å²) in [6.45, 7) is 1.17. The summed E-state index contributed by atoms with van der Waals surface area (Å²) in [5, 5.41) is -0.708. The van der Waals surface area contributed by atoms with Crippen molar-refractivity contribution in [3.63, 3.8) is 0 Å². The largest absolute Gasteiger partial charge is 0.279 e. The van der Waals surface area contributed by atoms with Crippen LogP contribution < -0.4 is 4.31 Å². The normalized spacial score (nSPS) is 11.1. The molecule has 0 heterocycles. The van der Waals surface area contributed by atoms with Gasteiger partial charge in [0.05, 0.1) is 11.4 Å². The van der Waals surface area contributed by atoms with Crippen molar-refractivity contribution in [1.29, 1.82) is 0 Å². The molecular formula is C10H12ClNO3S. The number of anilines is 1. The molecule has 0 atom stereocenters. The number of carbonyl (C=O) groups excluding carboxylic acids is 1. The van der Waals surface area contributed by atoms with Crippen molar-refractivity contribution in [2.45, 2.75) is 6.92 Å². The van der Waals surface area contributed by atoms with Crippen molar-refractivity contribution >= 4 is 32.6 Å². The van der Waals surface area contributed by atoms with Crippen LogP contribution in [0.2, 0.25) is 0 Å². The molecule has 1 rings (SSSR count). The maximum Gasteiger partial charge on any atom is 0.242 e. The second-order valence-corrected chi connectivity index (χ2v) is 5.70. The quantitative estimate of drug-likeness (QED) is 0.757. The molecule has 1 aromatic carbocycles. The van der Waals surface area contributed by atoms with Crippen LogP contribution in [0.3, 0.4) is 0 Å². The zero-order chi connectivity index (χ0) is 12.2. The van der Waals surface area contributed by atoms with Crippen LogP contribution in [0.15, 0.2) is 30.3 Å². The van der Waals surface area contributed by atoms with Crippen LogP contribution in [0.1, 0.15) is 6.92 Å². The van der Waals surface area contributed by atoms with Crippen LogP contribution in [-0.4, -0.2) is 26.0 Å². The Morgan fingerprint density at radius 1 is 1.31 bits per heavy atom. The second-order valence-electron chi connectivity index (χ2n) is 3.10. The minimum Gasteiger partial charge on any atom is -0.279 e. The van der Waals surface area contributed by atoms with E-state index in [2.05, 4.69) is 0 Å². The van der Waals surface area contributed by atoms with E-state index < -0.39 is 15.3 Å². The van der Waals surface area contributed by atoms with Crippen molar-refractivity contribution < 1.29 is 13.2 Å². The van der Waals surface area contributed by atoms with E-state index in [9.17, 15) is 13.2 Å². The summed E-state index contributed by atoms with van der Waals surface area (Å²) in [7, 11) is -3.48. The first-order valence-electron chi connectivity index (χ1n) is 4.71. The van der Waals surface area contributed by atoms with Crippen LogP contribution in [0.5, 0.6) is 0 Å². The Morgan fingerprint density at radius 2 is 1.88 bits per heavy atom. The van der Waals surface area contributed by atoms with Crippen LogP contribution in [0.4, 0.5) is 5.69 Å². The van der Waals surface area contributed by atoms with E-state index in [4.69, 9.17) is 11.6 Å². The van der Waals surface area contributed by atoms with Crippen LogP contribution in [0.25, 0.3) is 0 Å². The Labute approximate surface area is 99.9 Å². The number of halogens is 1. The van der Waals surface area contributed by atoms with E-state index >= 15 is 0 Å². The summed E-state index contributed by atoms with van der Waals surface area (Å²) >= 11 is 5.24. The van der Waals surface area contributed by atoms with Crippen molar-refractivity contribution in [2.24, 2.45) is 0 Å². The number of rotatable bonds is 5. The van der Waals surface area contributed by atoms with Gasteiger partial charge in [0.2, 0.25) is 15.3 Å². The van der Waals surface area contributed by atoms with Gasteiger partial charge in [0.25, 0.3) is 0 Å². The maximum atomic E-state index is 11.8. The predicted molar refractivity (Wildman–Crippen MR) is 64.1 cm³/mol. The van der Waals surface area contributed by atoms with Gasteiger partial charge in [-0.05, 0) is 30.7 Å². The molecule has 0 aliphatic carbocycles. The number of hydrogen-bond acceptors (Lipinski definition) is 3. The Kier molecular flexibility index (Phi) is 4.32. The van der Waals surface area contributed by atoms with Gasteiger partial charge in [-0.1, -0.05) is 18.2 Å². The molecule has 0 radical (unpaired) electrons. The molecule has 0 N–H and O–H groups in total. The number of benzene rings is 1. The van der Waals surface area contributed by atoms with E-state index in [-0.39, 0.29) is 12.3 Å². The molecule has 0 amide bonds. The van der Waals surface area contributed by atoms with Gasteiger partial charge in [-0.2, -0.15) is 0 Å². The van der Waals surface area contributed by atoms with E-state index in [0.717, 1.165) is 4.31 Å². The average Bonchev–Trinajstić information content (AvgIpc) is 2.27. The van der Waals surface area contributed by atoms with Gasteiger partial charge < -0.3 is 0 Å². The lowest BCUT2D eigenvalue weighted by Crippen LogP contribution is -2.35. The molecule has 0 aliphatic heterocycles. The van der Waals surface area contributed by atoms with Crippen LogP contribution in [-0.2, 0) is 14.8 Å². The Morgan fingerprint density at radius 3 is 2.31 bits per heavy atom. The number of carbonyl (C=O) groups is 1. The topological polar surface area (TPSA) is 54.5 Å². The molecule has 0 unspecified atom stereocenters. The zero-order valence-electron chi connectivity index (χ0n) is 8.76. The molecule has 6 heteroatoms. The SMILES string of the molecule is CCS(=O)(=O)N(CC(=O)Cl)c1ccccc1. The lowest BCUT2D eigenvalue weighted by atomic mass is 10.3. The number of hydrogen-bond donors (Lipinski definition) is 0. The summed E-state index contributed by atoms with van der Waals surface area (Å²) in [6, 6.07) is 8.40. The predicted octanol–water partition coefficient (Wildman–Crippen LogP) is 1.61. The Balaban J connectivity index is 3.12. The number of para-hydroxylation sites is 1. The van der Waals surface area contributed by atoms with Gasteiger partial charge in [0, 0.05) is 0 Å². The molecule has 16 heavy (non-hydrogen) atoms. The lowest BCUT2D eigenvalue weighted by molar-refractivity contribution is -0.110. The maximum absolute atomic E-state index is 11.8. The highest BCUT2D eigenvalue weighted by Crippen LogP contribution is 2.17. The van der Waals surface area contributed by atoms with Gasteiger partial charge >= 0.3 is 0 Å². The van der Waals surface area contributed by atoms with E-state index in [1.165, 1.54) is 6.92 Å². The molecule has 0 aliphatic rings. The fourth-order valence-corrected chi connectivity index (χ4v) is 2.47. The smallest absolute Gasteiger partial charge is 0.242 e. The van der Waals surface area contributed by atoms with Gasteiger partial charge in [0.15, 0.2) is 0 Å². The first-order chi connectivity index (χ1) is 7.47. The minimum atomic E-state index is -3.48. The third-order valence-electron chi connectivity index (χ3n) is 2.01. The summed E-state index contributed by atoms with van der Waals surface area (Å²) < 4.78 is 24.5. The average molecular weight is 262 g/mol. The van der Waals surface area contributed by atoms with E-state index in [0.29, 0.717) is 5.69 Å². The molecule has 4 nitrogen and oxygen atoms in total. The lowest BCUT2D eigenvalue weighted by Gasteiger charge is -2.21. The van der Waals surface area contributed by atoms with Crippen molar-refractivity contribution in [2.75, 3.05) is 16.6 Å². The van der Waals surface area contributed by atoms with E-state index in [1.54, 1.807) is 30.3 Å². The van der Waals surface area contributed by atoms with Gasteiger partial charge in [-0.3, -0.25) is 9.10 Å². The molecule has 0 aromatic heterocycles. The van der Waals surface area contributed by atoms with E-state index in [1.807, 2.05) is 0 Å². The second kappa shape index (κ2) is 5.32. The van der Waals surface area contributed by atoms with Gasteiger partial charge in [-0.25, -0.2) is 8.42 Å². The Hall–Kier alpha value is -1.07. The molecule has 0 spiro atoms. The summed E-state index contributed by atoms with van der Waals surface area (Å²) in [5.74, 6) is -0.0773. The zero-order valence-corrected chi connectivity index (χ0v) is 10.3. The third kappa shape index (κ3) is 3.21. The summed E-state index contributed by atoms with van der Waals surface area (Å²) in [5.41, 5.74) is 0.443. The standard InChI is InChI=1S/C10H12ClNO3S/c1-2-16(14,15)12(8-10(11)13)9-6-4-3-5-7-9/h3-7H,2,8H2,1H3. The molecule has 0 saturated heterocycles. The van der Waals surface area contributed by atoms with Crippen LogP contribution >= 0.6 is 11.6 Å². The van der Waals surface area contributed by atoms with Crippen molar-refractivity contribution in [3.8, 4) is 0 Å². The fourth-order valence-electron chi connectivity index (χ4n) is 1.21. The molecule has 1 aromatic rings. The summed E-state index contributed by atoms with van der Waals surface area (Å²) in [6.07, 6.45) is 0. The first-order valence-corrected chi connectivity index (χ1v) is 6.70. The highest BCUT2D eigenvalue weighted by molar-refractivity contribution is 7.92. The molecule has 88 valence electrons. The molecule has 0 saturated carbocycles. The Bertz CT molecular complexity index is 458. The van der Waals surface area contributed by atoms with Gasteiger partial charge in [0.1, 0.15) is 6.54 Å². The van der Waals surface area contributed by atoms with Gasteiger partial charge in [-0.15, -0.1) is 0 Å². The monoisotopic (exact) mass is 261 g/mol.